The van der Waals surface area contributed by atoms with Crippen molar-refractivity contribution in [1.82, 2.24) is 10.3 Å². The van der Waals surface area contributed by atoms with Crippen LogP contribution in [0.2, 0.25) is 0 Å². The van der Waals surface area contributed by atoms with Gasteiger partial charge in [0.25, 0.3) is 0 Å². The number of hydrogen-bond acceptors (Lipinski definition) is 10. The van der Waals surface area contributed by atoms with Crippen LogP contribution in [0.1, 0.15) is 47.0 Å². The smallest absolute Gasteiger partial charge is 0.220 e. The van der Waals surface area contributed by atoms with Crippen LogP contribution < -0.4 is 5.32 Å². The number of nitrogens with zero attached hydrogens (tertiary/aromatic N) is 1. The Kier molecular flexibility index (Phi) is 10.9. The maximum Gasteiger partial charge on any atom is 0.220 e. The lowest BCUT2D eigenvalue weighted by atomic mass is 9.96. The van der Waals surface area contributed by atoms with Gasteiger partial charge in [0.2, 0.25) is 5.91 Å². The van der Waals surface area contributed by atoms with Crippen LogP contribution in [0, 0.1) is 0 Å². The van der Waals surface area contributed by atoms with E-state index in [2.05, 4.69) is 24.1 Å². The summed E-state index contributed by atoms with van der Waals surface area (Å²) >= 11 is 0. The summed E-state index contributed by atoms with van der Waals surface area (Å²) in [6.45, 7) is 8.09. The Bertz CT molecular complexity index is 739. The third-order valence-corrected chi connectivity index (χ3v) is 8.64. The van der Waals surface area contributed by atoms with Crippen LogP contribution in [0.25, 0.3) is 0 Å². The summed E-state index contributed by atoms with van der Waals surface area (Å²) in [4.78, 5) is 16.7. The van der Waals surface area contributed by atoms with Crippen LogP contribution in [0.3, 0.4) is 0 Å². The topological polar surface area (TPSA) is 141 Å². The molecule has 5 atom stereocenters. The van der Waals surface area contributed by atoms with E-state index < -0.39 is 48.8 Å². The van der Waals surface area contributed by atoms with Gasteiger partial charge in [0.15, 0.2) is 6.29 Å². The predicted molar refractivity (Wildman–Crippen MR) is 128 cm³/mol. The van der Waals surface area contributed by atoms with Gasteiger partial charge in [-0.25, -0.2) is 4.98 Å². The van der Waals surface area contributed by atoms with Crippen LogP contribution in [0.5, 0.6) is 0 Å². The van der Waals surface area contributed by atoms with E-state index in [-0.39, 0.29) is 11.2 Å². The molecule has 0 aromatic carbocycles. The molecule has 33 heavy (non-hydrogen) atoms. The summed E-state index contributed by atoms with van der Waals surface area (Å²) in [6.07, 6.45) is -2.39. The highest BCUT2D eigenvalue weighted by atomic mass is 33.1. The van der Waals surface area contributed by atoms with Crippen molar-refractivity contribution in [3.05, 3.63) is 24.4 Å². The summed E-state index contributed by atoms with van der Waals surface area (Å²) in [5.41, 5.74) is -0.548. The lowest BCUT2D eigenvalue weighted by molar-refractivity contribution is -0.253. The van der Waals surface area contributed by atoms with Gasteiger partial charge in [0.05, 0.1) is 12.2 Å². The third kappa shape index (κ3) is 9.33. The van der Waals surface area contributed by atoms with Crippen molar-refractivity contribution in [2.45, 2.75) is 93.0 Å². The van der Waals surface area contributed by atoms with Crippen LogP contribution in [-0.4, -0.2) is 85.5 Å². The number of carbonyl (C=O) groups excluding carboxylic acids is 1. The van der Waals surface area contributed by atoms with Crippen LogP contribution >= 0.6 is 21.6 Å². The zero-order valence-corrected chi connectivity index (χ0v) is 21.1. The number of nitrogens with one attached hydrogen (secondary N) is 1. The molecule has 1 amide bonds. The molecule has 0 radical (unpaired) electrons. The standard InChI is InChI=1S/C22H36N2O7S2/c1-21(2,30-12-10-22(3,4)33-32-16-7-5-6-11-23-16)9-8-15(26)24-17-19(28)18(27)14(13-25)31-20(17)29/h5-7,11,14,17-20,25,27-29H,8-10,12-13H2,1-4H3,(H,24,26). The molecule has 1 fully saturated rings. The SMILES string of the molecule is CC(C)(CCC(=O)NC1C(O)OC(CO)C(O)C1O)OCCC(C)(C)SSc1ccccn1. The van der Waals surface area contributed by atoms with E-state index >= 15 is 0 Å². The van der Waals surface area contributed by atoms with Crippen molar-refractivity contribution < 1.29 is 34.7 Å². The Morgan fingerprint density at radius 1 is 1.18 bits per heavy atom. The Morgan fingerprint density at radius 2 is 1.91 bits per heavy atom. The summed E-state index contributed by atoms with van der Waals surface area (Å²) < 4.78 is 11.1. The maximum atomic E-state index is 12.4. The number of amides is 1. The first-order valence-corrected chi connectivity index (χ1v) is 13.1. The largest absolute Gasteiger partial charge is 0.394 e. The molecule has 5 unspecified atom stereocenters. The molecule has 1 aromatic rings. The summed E-state index contributed by atoms with van der Waals surface area (Å²) in [7, 11) is 3.37. The fourth-order valence-electron chi connectivity index (χ4n) is 3.16. The number of ether oxygens (including phenoxy) is 2. The van der Waals surface area contributed by atoms with E-state index in [9.17, 15) is 20.1 Å². The van der Waals surface area contributed by atoms with E-state index in [4.69, 9.17) is 14.6 Å². The van der Waals surface area contributed by atoms with E-state index in [0.717, 1.165) is 11.4 Å². The molecular weight excluding hydrogens is 468 g/mol. The number of rotatable bonds is 12. The number of aliphatic hydroxyl groups is 4. The predicted octanol–water partition coefficient (Wildman–Crippen LogP) is 1.48. The molecule has 1 saturated heterocycles. The fraction of sp³-hybridized carbons (Fsp3) is 0.727. The number of aromatic nitrogens is 1. The summed E-state index contributed by atoms with van der Waals surface area (Å²) in [5.74, 6) is -0.407. The Morgan fingerprint density at radius 3 is 2.55 bits per heavy atom. The Balaban J connectivity index is 1.72. The Labute approximate surface area is 203 Å². The first-order chi connectivity index (χ1) is 15.4. The molecule has 5 N–H and O–H groups in total. The van der Waals surface area contributed by atoms with Crippen molar-refractivity contribution in [3.63, 3.8) is 0 Å². The van der Waals surface area contributed by atoms with Crippen molar-refractivity contribution in [2.75, 3.05) is 13.2 Å². The molecule has 0 saturated carbocycles. The lowest BCUT2D eigenvalue weighted by Gasteiger charge is -2.40. The third-order valence-electron chi connectivity index (χ3n) is 5.37. The molecule has 0 spiro atoms. The van der Waals surface area contributed by atoms with E-state index in [0.29, 0.717) is 13.0 Å². The molecule has 188 valence electrons. The van der Waals surface area contributed by atoms with Gasteiger partial charge in [0.1, 0.15) is 29.4 Å². The minimum absolute atomic E-state index is 0.0316. The number of pyridine rings is 1. The average molecular weight is 505 g/mol. The van der Waals surface area contributed by atoms with E-state index in [1.165, 1.54) is 0 Å². The van der Waals surface area contributed by atoms with Crippen LogP contribution in [-0.2, 0) is 14.3 Å². The highest BCUT2D eigenvalue weighted by molar-refractivity contribution is 8.77. The fourth-order valence-corrected chi connectivity index (χ4v) is 5.36. The van der Waals surface area contributed by atoms with Gasteiger partial charge in [-0.3, -0.25) is 4.79 Å². The second kappa shape index (κ2) is 12.7. The van der Waals surface area contributed by atoms with Gasteiger partial charge in [-0.2, -0.15) is 0 Å². The number of aliphatic hydroxyl groups excluding tert-OH is 4. The highest BCUT2D eigenvalue weighted by Gasteiger charge is 2.44. The lowest BCUT2D eigenvalue weighted by Crippen LogP contribution is -2.64. The van der Waals surface area contributed by atoms with Crippen LogP contribution in [0.4, 0.5) is 0 Å². The number of hydrogen-bond donors (Lipinski definition) is 5. The quantitative estimate of drug-likeness (QED) is 0.266. The normalized spacial score (nSPS) is 26.2. The molecule has 0 bridgehead atoms. The second-order valence-electron chi connectivity index (χ2n) is 9.27. The first-order valence-electron chi connectivity index (χ1n) is 10.9. The van der Waals surface area contributed by atoms with Gasteiger partial charge in [-0.05, 0) is 63.5 Å². The zero-order chi connectivity index (χ0) is 24.6. The number of carbonyl (C=O) groups is 1. The highest BCUT2D eigenvalue weighted by Crippen LogP contribution is 2.41. The molecule has 1 aliphatic heterocycles. The van der Waals surface area contributed by atoms with Crippen molar-refractivity contribution in [1.29, 1.82) is 0 Å². The minimum Gasteiger partial charge on any atom is -0.394 e. The summed E-state index contributed by atoms with van der Waals surface area (Å²) in [6, 6.07) is 4.64. The maximum absolute atomic E-state index is 12.4. The molecule has 9 nitrogen and oxygen atoms in total. The summed E-state index contributed by atoms with van der Waals surface area (Å²) in [5, 5.41) is 42.7. The molecular formula is C22H36N2O7S2. The zero-order valence-electron chi connectivity index (χ0n) is 19.5. The molecule has 2 rings (SSSR count). The van der Waals surface area contributed by atoms with E-state index in [1.807, 2.05) is 32.0 Å². The van der Waals surface area contributed by atoms with Crippen molar-refractivity contribution in [3.8, 4) is 0 Å². The van der Waals surface area contributed by atoms with Gasteiger partial charge in [-0.1, -0.05) is 16.9 Å². The van der Waals surface area contributed by atoms with Crippen molar-refractivity contribution >= 4 is 27.5 Å². The minimum atomic E-state index is -1.53. The van der Waals surface area contributed by atoms with E-state index in [1.54, 1.807) is 27.8 Å². The molecule has 1 aliphatic rings. The molecule has 11 heteroatoms. The van der Waals surface area contributed by atoms with Crippen LogP contribution in [0.15, 0.2) is 29.4 Å². The Hall–Kier alpha value is -0.920. The van der Waals surface area contributed by atoms with Gasteiger partial charge in [0, 0.05) is 24.0 Å². The monoisotopic (exact) mass is 504 g/mol. The second-order valence-corrected chi connectivity index (χ2v) is 12.1. The molecule has 1 aromatic heterocycles. The molecule has 2 heterocycles. The van der Waals surface area contributed by atoms with Gasteiger partial charge < -0.3 is 35.2 Å². The van der Waals surface area contributed by atoms with Gasteiger partial charge in [-0.15, -0.1) is 0 Å². The molecule has 0 aliphatic carbocycles. The first kappa shape index (κ1) is 28.3. The average Bonchev–Trinajstić information content (AvgIpc) is 2.77. The van der Waals surface area contributed by atoms with Crippen molar-refractivity contribution in [2.24, 2.45) is 0 Å². The van der Waals surface area contributed by atoms with Gasteiger partial charge >= 0.3 is 0 Å².